The first-order chi connectivity index (χ1) is 9.61. The van der Waals surface area contributed by atoms with Crippen molar-refractivity contribution in [3.63, 3.8) is 0 Å². The minimum absolute atomic E-state index is 0.116. The zero-order valence-corrected chi connectivity index (χ0v) is 10.5. The topological polar surface area (TPSA) is 85.8 Å². The molecule has 0 aliphatic heterocycles. The number of rotatable bonds is 4. The molecule has 0 aliphatic rings. The van der Waals surface area contributed by atoms with E-state index in [0.29, 0.717) is 5.69 Å². The van der Waals surface area contributed by atoms with Crippen molar-refractivity contribution in [1.29, 1.82) is 0 Å². The standard InChI is InChI=1S/C13H12FN5O/c1-2-3-11(15)13(20)18-9-4-5-12(10(14)6-9)19-8-16-7-17-19/h1,4-8,11H,3,15H2,(H,18,20). The number of halogens is 1. The molecule has 1 aromatic heterocycles. The van der Waals surface area contributed by atoms with E-state index >= 15 is 0 Å². The molecule has 102 valence electrons. The van der Waals surface area contributed by atoms with Gasteiger partial charge in [-0.25, -0.2) is 14.1 Å². The van der Waals surface area contributed by atoms with Crippen LogP contribution in [0, 0.1) is 18.2 Å². The summed E-state index contributed by atoms with van der Waals surface area (Å²) in [6, 6.07) is 3.38. The number of hydrogen-bond donors (Lipinski definition) is 2. The van der Waals surface area contributed by atoms with E-state index in [4.69, 9.17) is 12.2 Å². The summed E-state index contributed by atoms with van der Waals surface area (Å²) >= 11 is 0. The van der Waals surface area contributed by atoms with E-state index in [0.717, 1.165) is 0 Å². The van der Waals surface area contributed by atoms with Crippen LogP contribution in [0.2, 0.25) is 0 Å². The molecular weight excluding hydrogens is 261 g/mol. The first kappa shape index (κ1) is 13.7. The molecule has 1 unspecified atom stereocenters. The summed E-state index contributed by atoms with van der Waals surface area (Å²) < 4.78 is 15.2. The van der Waals surface area contributed by atoms with Crippen LogP contribution in [0.25, 0.3) is 5.69 Å². The fourth-order valence-electron chi connectivity index (χ4n) is 1.56. The lowest BCUT2D eigenvalue weighted by molar-refractivity contribution is -0.117. The van der Waals surface area contributed by atoms with Crippen LogP contribution in [0.15, 0.2) is 30.9 Å². The molecule has 0 saturated carbocycles. The maximum Gasteiger partial charge on any atom is 0.242 e. The lowest BCUT2D eigenvalue weighted by Gasteiger charge is -2.10. The van der Waals surface area contributed by atoms with Gasteiger partial charge in [0.1, 0.15) is 18.3 Å². The highest BCUT2D eigenvalue weighted by atomic mass is 19.1. The molecule has 20 heavy (non-hydrogen) atoms. The number of nitrogens with two attached hydrogens (primary N) is 1. The van der Waals surface area contributed by atoms with Crippen molar-refractivity contribution < 1.29 is 9.18 Å². The molecule has 2 aromatic rings. The second kappa shape index (κ2) is 5.95. The van der Waals surface area contributed by atoms with Gasteiger partial charge in [0.2, 0.25) is 5.91 Å². The van der Waals surface area contributed by atoms with Gasteiger partial charge in [0, 0.05) is 12.1 Å². The van der Waals surface area contributed by atoms with Gasteiger partial charge in [-0.1, -0.05) is 0 Å². The molecular formula is C13H12FN5O. The fraction of sp³-hybridized carbons (Fsp3) is 0.154. The number of nitrogens with zero attached hydrogens (tertiary/aromatic N) is 3. The molecule has 0 radical (unpaired) electrons. The van der Waals surface area contributed by atoms with Crippen LogP contribution in [-0.4, -0.2) is 26.7 Å². The fourth-order valence-corrected chi connectivity index (χ4v) is 1.56. The first-order valence-electron chi connectivity index (χ1n) is 5.76. The molecule has 6 nitrogen and oxygen atoms in total. The molecule has 0 spiro atoms. The Balaban J connectivity index is 2.14. The normalized spacial score (nSPS) is 11.7. The highest BCUT2D eigenvalue weighted by Crippen LogP contribution is 2.17. The minimum Gasteiger partial charge on any atom is -0.325 e. The third-order valence-electron chi connectivity index (χ3n) is 2.56. The van der Waals surface area contributed by atoms with Gasteiger partial charge in [0.25, 0.3) is 0 Å². The quantitative estimate of drug-likeness (QED) is 0.803. The second-order valence-corrected chi connectivity index (χ2v) is 4.01. The predicted molar refractivity (Wildman–Crippen MR) is 71.4 cm³/mol. The van der Waals surface area contributed by atoms with E-state index in [1.54, 1.807) is 6.07 Å². The Morgan fingerprint density at radius 3 is 3.00 bits per heavy atom. The maximum absolute atomic E-state index is 13.9. The molecule has 1 aromatic carbocycles. The number of aromatic nitrogens is 3. The average molecular weight is 273 g/mol. The van der Waals surface area contributed by atoms with Crippen LogP contribution in [-0.2, 0) is 4.79 Å². The van der Waals surface area contributed by atoms with Gasteiger partial charge in [-0.2, -0.15) is 5.10 Å². The number of nitrogens with one attached hydrogen (secondary N) is 1. The lowest BCUT2D eigenvalue weighted by atomic mass is 10.2. The van der Waals surface area contributed by atoms with Crippen molar-refractivity contribution in [1.82, 2.24) is 14.8 Å². The van der Waals surface area contributed by atoms with Gasteiger partial charge >= 0.3 is 0 Å². The Kier molecular flexibility index (Phi) is 4.08. The van der Waals surface area contributed by atoms with Gasteiger partial charge in [-0.15, -0.1) is 12.3 Å². The van der Waals surface area contributed by atoms with Crippen LogP contribution >= 0.6 is 0 Å². The van der Waals surface area contributed by atoms with Crippen LogP contribution in [0.5, 0.6) is 0 Å². The molecule has 1 heterocycles. The average Bonchev–Trinajstić information content (AvgIpc) is 2.93. The Hall–Kier alpha value is -2.72. The molecule has 2 rings (SSSR count). The molecule has 1 amide bonds. The smallest absolute Gasteiger partial charge is 0.242 e. The summed E-state index contributed by atoms with van der Waals surface area (Å²) in [6.45, 7) is 0. The van der Waals surface area contributed by atoms with Crippen molar-refractivity contribution in [2.75, 3.05) is 5.32 Å². The minimum atomic E-state index is -0.821. The summed E-state index contributed by atoms with van der Waals surface area (Å²) in [5.41, 5.74) is 6.08. The number of benzene rings is 1. The number of amides is 1. The van der Waals surface area contributed by atoms with Crippen LogP contribution < -0.4 is 11.1 Å². The monoisotopic (exact) mass is 273 g/mol. The van der Waals surface area contributed by atoms with Crippen LogP contribution in [0.3, 0.4) is 0 Å². The van der Waals surface area contributed by atoms with Gasteiger partial charge in [0.05, 0.1) is 6.04 Å². The molecule has 0 aliphatic carbocycles. The number of carbonyl (C=O) groups excluding carboxylic acids is 1. The van der Waals surface area contributed by atoms with Gasteiger partial charge < -0.3 is 11.1 Å². The zero-order valence-electron chi connectivity index (χ0n) is 10.5. The molecule has 0 saturated heterocycles. The summed E-state index contributed by atoms with van der Waals surface area (Å²) in [6.07, 6.45) is 7.86. The van der Waals surface area contributed by atoms with E-state index in [1.807, 2.05) is 0 Å². The lowest BCUT2D eigenvalue weighted by Crippen LogP contribution is -2.35. The second-order valence-electron chi connectivity index (χ2n) is 4.01. The zero-order chi connectivity index (χ0) is 14.5. The van der Waals surface area contributed by atoms with Crippen molar-refractivity contribution in [3.8, 4) is 18.0 Å². The van der Waals surface area contributed by atoms with Gasteiger partial charge in [0.15, 0.2) is 5.82 Å². The van der Waals surface area contributed by atoms with Crippen molar-refractivity contribution in [3.05, 3.63) is 36.7 Å². The molecule has 3 N–H and O–H groups in total. The Morgan fingerprint density at radius 2 is 2.40 bits per heavy atom. The SMILES string of the molecule is C#CCC(N)C(=O)Nc1ccc(-n2cncn2)c(F)c1. The Labute approximate surface area is 114 Å². The van der Waals surface area contributed by atoms with Crippen molar-refractivity contribution >= 4 is 11.6 Å². The summed E-state index contributed by atoms with van der Waals surface area (Å²) in [7, 11) is 0. The van der Waals surface area contributed by atoms with Crippen molar-refractivity contribution in [2.45, 2.75) is 12.5 Å². The van der Waals surface area contributed by atoms with E-state index in [9.17, 15) is 9.18 Å². The summed E-state index contributed by atoms with van der Waals surface area (Å²) in [4.78, 5) is 15.4. The Morgan fingerprint density at radius 1 is 1.60 bits per heavy atom. The van der Waals surface area contributed by atoms with E-state index in [2.05, 4.69) is 21.3 Å². The number of anilines is 1. The summed E-state index contributed by atoms with van der Waals surface area (Å²) in [5.74, 6) is 1.29. The Bertz CT molecular complexity index is 647. The van der Waals surface area contributed by atoms with E-state index in [-0.39, 0.29) is 12.1 Å². The third-order valence-corrected chi connectivity index (χ3v) is 2.56. The van der Waals surface area contributed by atoms with Crippen LogP contribution in [0.4, 0.5) is 10.1 Å². The van der Waals surface area contributed by atoms with Gasteiger partial charge in [-0.05, 0) is 18.2 Å². The van der Waals surface area contributed by atoms with Crippen molar-refractivity contribution in [2.24, 2.45) is 5.73 Å². The van der Waals surface area contributed by atoms with E-state index < -0.39 is 17.8 Å². The number of terminal acetylenes is 1. The number of carbonyl (C=O) groups is 1. The highest BCUT2D eigenvalue weighted by molar-refractivity contribution is 5.94. The largest absolute Gasteiger partial charge is 0.325 e. The van der Waals surface area contributed by atoms with Crippen LogP contribution in [0.1, 0.15) is 6.42 Å². The molecule has 0 fully saturated rings. The highest BCUT2D eigenvalue weighted by Gasteiger charge is 2.13. The third kappa shape index (κ3) is 2.99. The molecule has 7 heteroatoms. The molecule has 1 atom stereocenters. The predicted octanol–water partition coefficient (Wildman–Crippen LogP) is 0.695. The summed E-state index contributed by atoms with van der Waals surface area (Å²) in [5, 5.41) is 6.32. The molecule has 0 bridgehead atoms. The first-order valence-corrected chi connectivity index (χ1v) is 5.76. The van der Waals surface area contributed by atoms with Gasteiger partial charge in [-0.3, -0.25) is 4.79 Å². The maximum atomic E-state index is 13.9. The van der Waals surface area contributed by atoms with E-state index in [1.165, 1.54) is 29.5 Å². The number of hydrogen-bond acceptors (Lipinski definition) is 4.